The Hall–Kier alpha value is -3.46. The van der Waals surface area contributed by atoms with Gasteiger partial charge in [-0.3, -0.25) is 10.1 Å². The van der Waals surface area contributed by atoms with E-state index in [0.29, 0.717) is 34.5 Å². The highest BCUT2D eigenvalue weighted by Gasteiger charge is 2.17. The summed E-state index contributed by atoms with van der Waals surface area (Å²) < 4.78 is 37.8. The van der Waals surface area contributed by atoms with Crippen molar-refractivity contribution in [2.45, 2.75) is 12.1 Å². The van der Waals surface area contributed by atoms with E-state index in [0.717, 1.165) is 17.6 Å². The number of anilines is 1. The van der Waals surface area contributed by atoms with Crippen LogP contribution in [0, 0.1) is 18.3 Å². The Labute approximate surface area is 205 Å². The number of benzene rings is 2. The number of carbonyl (C=O) groups excluding carboxylic acids is 1. The van der Waals surface area contributed by atoms with Crippen molar-refractivity contribution in [2.75, 3.05) is 24.8 Å². The lowest BCUT2D eigenvalue weighted by atomic mass is 10.1. The first-order chi connectivity index (χ1) is 16.2. The molecule has 1 N–H and O–H groups in total. The number of nitriles is 1. The summed E-state index contributed by atoms with van der Waals surface area (Å²) in [4.78, 5) is 16.1. The zero-order valence-electron chi connectivity index (χ0n) is 18.1. The molecule has 9 nitrogen and oxygen atoms in total. The van der Waals surface area contributed by atoms with E-state index in [1.807, 2.05) is 31.2 Å². The average molecular weight is 519 g/mol. The fraction of sp³-hybridized carbons (Fsp3) is 0.182. The maximum atomic E-state index is 12.4. The second-order valence-electron chi connectivity index (χ2n) is 6.98. The molecular weight excluding hydrogens is 500 g/mol. The van der Waals surface area contributed by atoms with E-state index in [1.54, 1.807) is 24.3 Å². The highest BCUT2D eigenvalue weighted by Crippen LogP contribution is 2.27. The number of halogens is 1. The molecular formula is C22H19ClN4O5S2. The van der Waals surface area contributed by atoms with Crippen LogP contribution in [0.5, 0.6) is 11.5 Å². The SMILES string of the molecule is Cc1ccc(OCCOc2ccc(/C=C(/C#N)C(=O)Nc3nc(S(C)(=O)=O)ns3)cc2Cl)cc1. The van der Waals surface area contributed by atoms with Crippen molar-refractivity contribution >= 4 is 50.1 Å². The van der Waals surface area contributed by atoms with Gasteiger partial charge in [0.1, 0.15) is 36.4 Å². The van der Waals surface area contributed by atoms with E-state index < -0.39 is 20.9 Å². The molecule has 1 heterocycles. The van der Waals surface area contributed by atoms with Crippen molar-refractivity contribution in [3.05, 3.63) is 64.2 Å². The summed E-state index contributed by atoms with van der Waals surface area (Å²) in [5, 5.41) is 11.6. The van der Waals surface area contributed by atoms with Crippen LogP contribution < -0.4 is 14.8 Å². The number of carbonyl (C=O) groups is 1. The van der Waals surface area contributed by atoms with E-state index in [9.17, 15) is 18.5 Å². The van der Waals surface area contributed by atoms with Gasteiger partial charge in [-0.15, -0.1) is 0 Å². The largest absolute Gasteiger partial charge is 0.490 e. The maximum Gasteiger partial charge on any atom is 0.268 e. The van der Waals surface area contributed by atoms with Gasteiger partial charge in [0.05, 0.1) is 5.02 Å². The molecule has 3 rings (SSSR count). The second-order valence-corrected chi connectivity index (χ2v) is 10.0. The van der Waals surface area contributed by atoms with Crippen LogP contribution in [0.25, 0.3) is 6.08 Å². The summed E-state index contributed by atoms with van der Waals surface area (Å²) in [7, 11) is -3.60. The molecule has 3 aromatic rings. The Kier molecular flexibility index (Phi) is 8.22. The highest BCUT2D eigenvalue weighted by atomic mass is 35.5. The molecule has 0 fully saturated rings. The first-order valence-corrected chi connectivity index (χ1v) is 12.8. The fourth-order valence-electron chi connectivity index (χ4n) is 2.56. The topological polar surface area (TPSA) is 131 Å². The number of hydrogen-bond acceptors (Lipinski definition) is 9. The van der Waals surface area contributed by atoms with E-state index >= 15 is 0 Å². The van der Waals surface area contributed by atoms with Crippen LogP contribution in [0.1, 0.15) is 11.1 Å². The van der Waals surface area contributed by atoms with Crippen molar-refractivity contribution < 1.29 is 22.7 Å². The van der Waals surface area contributed by atoms with Crippen LogP contribution in [-0.4, -0.2) is 43.2 Å². The van der Waals surface area contributed by atoms with Gasteiger partial charge in [-0.25, -0.2) is 8.42 Å². The van der Waals surface area contributed by atoms with Crippen LogP contribution in [0.2, 0.25) is 5.02 Å². The Morgan fingerprint density at radius 3 is 2.53 bits per heavy atom. The highest BCUT2D eigenvalue weighted by molar-refractivity contribution is 7.90. The molecule has 0 radical (unpaired) electrons. The van der Waals surface area contributed by atoms with Crippen LogP contribution in [-0.2, 0) is 14.6 Å². The Bertz CT molecular complexity index is 1360. The molecule has 0 saturated heterocycles. The summed E-state index contributed by atoms with van der Waals surface area (Å²) in [6, 6.07) is 14.3. The molecule has 2 aromatic carbocycles. The molecule has 0 aliphatic carbocycles. The maximum absolute atomic E-state index is 12.4. The summed E-state index contributed by atoms with van der Waals surface area (Å²) in [5.74, 6) is 0.406. The number of rotatable bonds is 9. The van der Waals surface area contributed by atoms with Gasteiger partial charge in [-0.05, 0) is 42.8 Å². The number of ether oxygens (including phenoxy) is 2. The minimum atomic E-state index is -3.60. The lowest BCUT2D eigenvalue weighted by Crippen LogP contribution is -2.13. The van der Waals surface area contributed by atoms with Crippen LogP contribution in [0.15, 0.2) is 53.2 Å². The number of aryl methyl sites for hydroxylation is 1. The predicted octanol–water partition coefficient (Wildman–Crippen LogP) is 3.91. The molecule has 12 heteroatoms. The Balaban J connectivity index is 1.60. The van der Waals surface area contributed by atoms with Crippen LogP contribution in [0.4, 0.5) is 5.13 Å². The van der Waals surface area contributed by atoms with E-state index in [1.165, 1.54) is 6.08 Å². The molecule has 0 atom stereocenters. The number of nitrogens with zero attached hydrogens (tertiary/aromatic N) is 3. The van der Waals surface area contributed by atoms with Gasteiger partial charge in [-0.2, -0.15) is 14.6 Å². The van der Waals surface area contributed by atoms with Gasteiger partial charge in [0.2, 0.25) is 15.0 Å². The first-order valence-electron chi connectivity index (χ1n) is 9.74. The normalized spacial score (nSPS) is 11.5. The predicted molar refractivity (Wildman–Crippen MR) is 129 cm³/mol. The molecule has 0 aliphatic rings. The van der Waals surface area contributed by atoms with Gasteiger partial charge in [0, 0.05) is 17.8 Å². The first kappa shape index (κ1) is 25.2. The second kappa shape index (κ2) is 11.1. The minimum Gasteiger partial charge on any atom is -0.490 e. The van der Waals surface area contributed by atoms with Crippen LogP contribution >= 0.6 is 23.1 Å². The number of amides is 1. The number of nitrogens with one attached hydrogen (secondary N) is 1. The van der Waals surface area contributed by atoms with Crippen molar-refractivity contribution in [1.82, 2.24) is 9.36 Å². The van der Waals surface area contributed by atoms with Gasteiger partial charge in [0.15, 0.2) is 0 Å². The third-order valence-electron chi connectivity index (χ3n) is 4.22. The smallest absolute Gasteiger partial charge is 0.268 e. The lowest BCUT2D eigenvalue weighted by Gasteiger charge is -2.10. The Morgan fingerprint density at radius 1 is 1.21 bits per heavy atom. The zero-order chi connectivity index (χ0) is 24.7. The monoisotopic (exact) mass is 518 g/mol. The average Bonchev–Trinajstić information content (AvgIpc) is 3.26. The molecule has 0 unspecified atom stereocenters. The third kappa shape index (κ3) is 7.02. The van der Waals surface area contributed by atoms with Gasteiger partial charge in [-0.1, -0.05) is 35.4 Å². The fourth-order valence-corrected chi connectivity index (χ4v) is 4.24. The van der Waals surface area contributed by atoms with Crippen molar-refractivity contribution in [2.24, 2.45) is 0 Å². The summed E-state index contributed by atoms with van der Waals surface area (Å²) >= 11 is 6.97. The van der Waals surface area contributed by atoms with E-state index in [2.05, 4.69) is 14.7 Å². The standard InChI is InChI=1S/C22H19ClN4O5S2/c1-14-3-6-17(7-4-14)31-9-10-32-19-8-5-15(12-18(19)23)11-16(13-24)20(28)25-21-26-22(27-33-21)34(2,29)30/h3-8,11-12H,9-10H2,1-2H3,(H,25,26,27,28)/b16-11-. The van der Waals surface area contributed by atoms with Crippen molar-refractivity contribution in [3.63, 3.8) is 0 Å². The molecule has 34 heavy (non-hydrogen) atoms. The number of sulfone groups is 1. The molecule has 0 aliphatic heterocycles. The molecule has 0 spiro atoms. The lowest BCUT2D eigenvalue weighted by molar-refractivity contribution is -0.112. The minimum absolute atomic E-state index is 0.0405. The zero-order valence-corrected chi connectivity index (χ0v) is 20.5. The molecule has 0 bridgehead atoms. The van der Waals surface area contributed by atoms with E-state index in [-0.39, 0.29) is 17.3 Å². The van der Waals surface area contributed by atoms with Crippen molar-refractivity contribution in [3.8, 4) is 17.6 Å². The van der Waals surface area contributed by atoms with Gasteiger partial charge < -0.3 is 9.47 Å². The molecule has 1 amide bonds. The molecule has 1 aromatic heterocycles. The third-order valence-corrected chi connectivity index (χ3v) is 6.11. The summed E-state index contributed by atoms with van der Waals surface area (Å²) in [6.45, 7) is 2.59. The summed E-state index contributed by atoms with van der Waals surface area (Å²) in [6.07, 6.45) is 2.29. The molecule has 0 saturated carbocycles. The van der Waals surface area contributed by atoms with E-state index in [4.69, 9.17) is 21.1 Å². The quantitative estimate of drug-likeness (QED) is 0.256. The van der Waals surface area contributed by atoms with Gasteiger partial charge in [0.25, 0.3) is 11.1 Å². The summed E-state index contributed by atoms with van der Waals surface area (Å²) in [5.41, 5.74) is 1.41. The Morgan fingerprint density at radius 2 is 1.91 bits per heavy atom. The number of hydrogen-bond donors (Lipinski definition) is 1. The van der Waals surface area contributed by atoms with Crippen LogP contribution in [0.3, 0.4) is 0 Å². The number of aromatic nitrogens is 2. The molecule has 176 valence electrons. The van der Waals surface area contributed by atoms with Crippen molar-refractivity contribution in [1.29, 1.82) is 5.26 Å². The van der Waals surface area contributed by atoms with Gasteiger partial charge >= 0.3 is 0 Å².